The standard InChI is InChI=1S/C33H37N7O2/c1-2-3-4-5-6-14-21-39-22-27(24-15-8-7-9-16-24)30(25-17-10-11-18-26(25)31-35-37-38-36-31)33(39,32(41)42)40-23-34-28-19-12-13-20-29(28)40/h7-13,15-20,23,27,30H,2-6,14,21-22H2,1H3,(H,41,42)(H,35,36,37,38)/t27?,30?,33-/m1/s1. The van der Waals surface area contributed by atoms with Crippen molar-refractivity contribution >= 4 is 17.0 Å². The number of carbonyl (C=O) groups is 1. The molecule has 6 rings (SSSR count). The molecule has 0 bridgehead atoms. The normalized spacial score (nSPS) is 20.8. The van der Waals surface area contributed by atoms with Crippen molar-refractivity contribution in [2.24, 2.45) is 0 Å². The summed E-state index contributed by atoms with van der Waals surface area (Å²) in [6, 6.07) is 26.0. The summed E-state index contributed by atoms with van der Waals surface area (Å²) in [6.07, 6.45) is 8.49. The summed E-state index contributed by atoms with van der Waals surface area (Å²) < 4.78 is 1.91. The van der Waals surface area contributed by atoms with Crippen LogP contribution < -0.4 is 0 Å². The molecule has 1 saturated heterocycles. The second-order valence-electron chi connectivity index (χ2n) is 11.2. The molecule has 3 heterocycles. The molecule has 0 spiro atoms. The van der Waals surface area contributed by atoms with E-state index >= 15 is 0 Å². The molecule has 9 heteroatoms. The molecule has 3 atom stereocenters. The number of fused-ring (bicyclic) bond motifs is 1. The van der Waals surface area contributed by atoms with E-state index in [0.717, 1.165) is 47.0 Å². The van der Waals surface area contributed by atoms with Crippen LogP contribution in [0.25, 0.3) is 22.4 Å². The highest BCUT2D eigenvalue weighted by Crippen LogP contribution is 2.55. The zero-order valence-corrected chi connectivity index (χ0v) is 23.9. The van der Waals surface area contributed by atoms with Crippen molar-refractivity contribution in [3.63, 3.8) is 0 Å². The number of rotatable bonds is 12. The van der Waals surface area contributed by atoms with Gasteiger partial charge in [-0.15, -0.1) is 10.2 Å². The zero-order chi connectivity index (χ0) is 28.9. The van der Waals surface area contributed by atoms with E-state index in [9.17, 15) is 9.90 Å². The number of para-hydroxylation sites is 2. The minimum absolute atomic E-state index is 0.114. The predicted octanol–water partition coefficient (Wildman–Crippen LogP) is 6.20. The van der Waals surface area contributed by atoms with Crippen molar-refractivity contribution in [2.75, 3.05) is 13.1 Å². The molecule has 3 aromatic carbocycles. The first-order valence-electron chi connectivity index (χ1n) is 14.9. The van der Waals surface area contributed by atoms with Gasteiger partial charge < -0.3 is 9.67 Å². The maximum Gasteiger partial charge on any atom is 0.346 e. The van der Waals surface area contributed by atoms with E-state index in [1.165, 1.54) is 19.3 Å². The van der Waals surface area contributed by atoms with E-state index in [-0.39, 0.29) is 5.92 Å². The molecule has 2 aromatic heterocycles. The number of aromatic amines is 1. The summed E-state index contributed by atoms with van der Waals surface area (Å²) in [5.74, 6) is -1.05. The number of unbranched alkanes of at least 4 members (excludes halogenated alkanes) is 5. The van der Waals surface area contributed by atoms with Crippen LogP contribution in [0.15, 0.2) is 85.2 Å². The van der Waals surface area contributed by atoms with Gasteiger partial charge in [0.05, 0.1) is 17.4 Å². The minimum atomic E-state index is -1.44. The van der Waals surface area contributed by atoms with E-state index in [2.05, 4.69) is 49.6 Å². The average molecular weight is 564 g/mol. The Kier molecular flexibility index (Phi) is 8.10. The van der Waals surface area contributed by atoms with Crippen molar-refractivity contribution in [3.05, 3.63) is 96.3 Å². The van der Waals surface area contributed by atoms with E-state index in [4.69, 9.17) is 0 Å². The Morgan fingerprint density at radius 2 is 1.69 bits per heavy atom. The number of likely N-dealkylation sites (tertiary alicyclic amines) is 1. The van der Waals surface area contributed by atoms with Gasteiger partial charge in [-0.2, -0.15) is 5.21 Å². The van der Waals surface area contributed by atoms with Gasteiger partial charge in [0.1, 0.15) is 0 Å². The van der Waals surface area contributed by atoms with Gasteiger partial charge in [0.15, 0.2) is 0 Å². The third kappa shape index (κ3) is 4.87. The number of H-pyrrole nitrogens is 1. The lowest BCUT2D eigenvalue weighted by Gasteiger charge is -2.41. The lowest BCUT2D eigenvalue weighted by molar-refractivity contribution is -0.158. The number of carboxylic acids is 1. The Hall–Kier alpha value is -4.37. The first kappa shape index (κ1) is 27.8. The Balaban J connectivity index is 1.56. The number of carboxylic acid groups (broad SMARTS) is 1. The molecule has 9 nitrogen and oxygen atoms in total. The number of aromatic nitrogens is 6. The fourth-order valence-corrected chi connectivity index (χ4v) is 6.89. The fourth-order valence-electron chi connectivity index (χ4n) is 6.89. The third-order valence-electron chi connectivity index (χ3n) is 8.76. The quantitative estimate of drug-likeness (QED) is 0.174. The summed E-state index contributed by atoms with van der Waals surface area (Å²) >= 11 is 0. The molecule has 1 aliphatic rings. The molecule has 216 valence electrons. The molecule has 5 aromatic rings. The van der Waals surface area contributed by atoms with Crippen LogP contribution in [0.4, 0.5) is 0 Å². The second-order valence-corrected chi connectivity index (χ2v) is 11.2. The van der Waals surface area contributed by atoms with Crippen LogP contribution in [-0.2, 0) is 10.5 Å². The molecule has 0 saturated carbocycles. The molecule has 0 amide bonds. The molecule has 2 N–H and O–H groups in total. The Morgan fingerprint density at radius 3 is 2.48 bits per heavy atom. The van der Waals surface area contributed by atoms with Crippen LogP contribution in [0.3, 0.4) is 0 Å². The molecule has 1 aliphatic heterocycles. The van der Waals surface area contributed by atoms with Crippen molar-refractivity contribution in [1.29, 1.82) is 0 Å². The zero-order valence-electron chi connectivity index (χ0n) is 23.9. The Bertz CT molecular complexity index is 1620. The minimum Gasteiger partial charge on any atom is -0.478 e. The van der Waals surface area contributed by atoms with Crippen molar-refractivity contribution < 1.29 is 9.90 Å². The number of nitrogens with zero attached hydrogens (tertiary/aromatic N) is 6. The van der Waals surface area contributed by atoms with Crippen LogP contribution in [0.2, 0.25) is 0 Å². The second kappa shape index (κ2) is 12.2. The summed E-state index contributed by atoms with van der Waals surface area (Å²) in [4.78, 5) is 20.9. The topological polar surface area (TPSA) is 113 Å². The van der Waals surface area contributed by atoms with Gasteiger partial charge in [-0.3, -0.25) is 4.90 Å². The van der Waals surface area contributed by atoms with Gasteiger partial charge in [-0.25, -0.2) is 9.78 Å². The number of hydrogen-bond acceptors (Lipinski definition) is 6. The van der Waals surface area contributed by atoms with Crippen molar-refractivity contribution in [3.8, 4) is 11.4 Å². The fraction of sp³-hybridized carbons (Fsp3) is 0.364. The Morgan fingerprint density at radius 1 is 0.952 bits per heavy atom. The van der Waals surface area contributed by atoms with E-state index in [1.807, 2.05) is 71.3 Å². The SMILES string of the molecule is CCCCCCCCN1CC(c2ccccc2)C(c2ccccc2-c2nn[nH]n2)[C@]1(C(=O)O)n1cnc2ccccc21. The molecule has 1 fully saturated rings. The number of imidazole rings is 1. The molecular formula is C33H37N7O2. The van der Waals surface area contributed by atoms with Gasteiger partial charge in [0.25, 0.3) is 0 Å². The largest absolute Gasteiger partial charge is 0.478 e. The van der Waals surface area contributed by atoms with Crippen molar-refractivity contribution in [2.45, 2.75) is 62.9 Å². The molecule has 0 aliphatic carbocycles. The maximum absolute atomic E-state index is 14.1. The number of nitrogens with one attached hydrogen (secondary N) is 1. The molecule has 2 unspecified atom stereocenters. The van der Waals surface area contributed by atoms with E-state index < -0.39 is 17.6 Å². The molecule has 42 heavy (non-hydrogen) atoms. The molecule has 0 radical (unpaired) electrons. The van der Waals surface area contributed by atoms with Crippen molar-refractivity contribution in [1.82, 2.24) is 35.1 Å². The summed E-state index contributed by atoms with van der Waals surface area (Å²) in [5.41, 5.74) is 2.87. The number of aliphatic carboxylic acids is 1. The van der Waals surface area contributed by atoms with Crippen LogP contribution in [0.5, 0.6) is 0 Å². The summed E-state index contributed by atoms with van der Waals surface area (Å²) in [6.45, 7) is 3.47. The highest BCUT2D eigenvalue weighted by Gasteiger charge is 2.62. The van der Waals surface area contributed by atoms with Gasteiger partial charge in [0, 0.05) is 30.5 Å². The number of tetrazole rings is 1. The van der Waals surface area contributed by atoms with E-state index in [0.29, 0.717) is 18.9 Å². The van der Waals surface area contributed by atoms with Gasteiger partial charge in [0.2, 0.25) is 11.5 Å². The smallest absolute Gasteiger partial charge is 0.346 e. The predicted molar refractivity (Wildman–Crippen MR) is 162 cm³/mol. The summed E-state index contributed by atoms with van der Waals surface area (Å²) in [5, 5.41) is 26.5. The van der Waals surface area contributed by atoms with Gasteiger partial charge in [-0.05, 0) is 34.9 Å². The maximum atomic E-state index is 14.1. The number of hydrogen-bond donors (Lipinski definition) is 2. The lowest BCUT2D eigenvalue weighted by atomic mass is 9.75. The highest BCUT2D eigenvalue weighted by atomic mass is 16.4. The van der Waals surface area contributed by atoms with Crippen LogP contribution >= 0.6 is 0 Å². The lowest BCUT2D eigenvalue weighted by Crippen LogP contribution is -2.55. The van der Waals surface area contributed by atoms with Crippen LogP contribution in [-0.4, -0.2) is 59.2 Å². The first-order chi connectivity index (χ1) is 20.7. The third-order valence-corrected chi connectivity index (χ3v) is 8.76. The van der Waals surface area contributed by atoms with Gasteiger partial charge in [-0.1, -0.05) is 106 Å². The van der Waals surface area contributed by atoms with Crippen LogP contribution in [0.1, 0.15) is 68.4 Å². The van der Waals surface area contributed by atoms with Gasteiger partial charge >= 0.3 is 5.97 Å². The number of benzene rings is 3. The van der Waals surface area contributed by atoms with E-state index in [1.54, 1.807) is 6.33 Å². The highest BCUT2D eigenvalue weighted by molar-refractivity contribution is 5.85. The molecular weight excluding hydrogens is 526 g/mol. The first-order valence-corrected chi connectivity index (χ1v) is 14.9. The summed E-state index contributed by atoms with van der Waals surface area (Å²) in [7, 11) is 0. The Labute approximate surface area is 245 Å². The van der Waals surface area contributed by atoms with Crippen LogP contribution in [0, 0.1) is 0 Å². The monoisotopic (exact) mass is 563 g/mol. The average Bonchev–Trinajstić information content (AvgIpc) is 3.78.